The highest BCUT2D eigenvalue weighted by Gasteiger charge is 2.11. The number of methoxy groups -OCH3 is 2. The molecule has 2 atom stereocenters. The fraction of sp³-hybridized carbons (Fsp3) is 0.647. The van der Waals surface area contributed by atoms with Crippen molar-refractivity contribution in [3.63, 3.8) is 0 Å². The minimum atomic E-state index is 0.463. The molecule has 0 heterocycles. The van der Waals surface area contributed by atoms with E-state index in [1.54, 1.807) is 14.2 Å². The summed E-state index contributed by atoms with van der Waals surface area (Å²) in [7, 11) is 3.34. The molecule has 1 rings (SSSR count). The van der Waals surface area contributed by atoms with Crippen molar-refractivity contribution in [2.24, 2.45) is 0 Å². The van der Waals surface area contributed by atoms with E-state index < -0.39 is 0 Å². The molecule has 1 aromatic rings. The molecule has 20 heavy (non-hydrogen) atoms. The summed E-state index contributed by atoms with van der Waals surface area (Å²) in [6.07, 6.45) is 4.66. The average Bonchev–Trinajstić information content (AvgIpc) is 2.46. The summed E-state index contributed by atoms with van der Waals surface area (Å²) in [6, 6.07) is 7.24. The summed E-state index contributed by atoms with van der Waals surface area (Å²) in [5, 5.41) is 3.71. The summed E-state index contributed by atoms with van der Waals surface area (Å²) >= 11 is 0. The molecule has 0 bridgehead atoms. The van der Waals surface area contributed by atoms with Crippen LogP contribution in [0.2, 0.25) is 0 Å². The van der Waals surface area contributed by atoms with Crippen LogP contribution in [-0.4, -0.2) is 26.3 Å². The molecule has 1 aromatic carbocycles. The molecule has 3 heteroatoms. The molecule has 2 unspecified atom stereocenters. The number of ether oxygens (including phenoxy) is 2. The van der Waals surface area contributed by atoms with Crippen LogP contribution < -0.4 is 14.8 Å². The van der Waals surface area contributed by atoms with Crippen molar-refractivity contribution in [3.8, 4) is 11.5 Å². The van der Waals surface area contributed by atoms with Gasteiger partial charge in [-0.15, -0.1) is 0 Å². The maximum atomic E-state index is 5.35. The zero-order valence-electron chi connectivity index (χ0n) is 13.5. The first kappa shape index (κ1) is 16.8. The molecule has 0 aromatic heterocycles. The molecule has 1 N–H and O–H groups in total. The number of nitrogens with one attached hydrogen (secondary N) is 1. The summed E-state index contributed by atoms with van der Waals surface area (Å²) < 4.78 is 10.6. The van der Waals surface area contributed by atoms with Crippen molar-refractivity contribution in [2.75, 3.05) is 14.2 Å². The number of rotatable bonds is 9. The maximum absolute atomic E-state index is 5.35. The molecule has 0 aliphatic rings. The highest BCUT2D eigenvalue weighted by molar-refractivity contribution is 5.43. The van der Waals surface area contributed by atoms with E-state index in [0.717, 1.165) is 17.9 Å². The molecular weight excluding hydrogens is 250 g/mol. The fourth-order valence-electron chi connectivity index (χ4n) is 2.58. The predicted octanol–water partition coefficient (Wildman–Crippen LogP) is 3.80. The second-order valence-electron chi connectivity index (χ2n) is 5.36. The SMILES string of the molecule is CCCC(CC)NC(C)Cc1ccc(OC)c(OC)c1. The van der Waals surface area contributed by atoms with Gasteiger partial charge in [-0.2, -0.15) is 0 Å². The van der Waals surface area contributed by atoms with Gasteiger partial charge >= 0.3 is 0 Å². The summed E-state index contributed by atoms with van der Waals surface area (Å²) in [5.41, 5.74) is 1.27. The van der Waals surface area contributed by atoms with E-state index in [-0.39, 0.29) is 0 Å². The third-order valence-electron chi connectivity index (χ3n) is 3.64. The molecule has 0 radical (unpaired) electrons. The van der Waals surface area contributed by atoms with Gasteiger partial charge in [0.15, 0.2) is 11.5 Å². The molecule has 0 saturated heterocycles. The Morgan fingerprint density at radius 3 is 2.35 bits per heavy atom. The number of benzene rings is 1. The Morgan fingerprint density at radius 2 is 1.80 bits per heavy atom. The molecule has 0 aliphatic heterocycles. The van der Waals surface area contributed by atoms with Crippen LogP contribution in [0.5, 0.6) is 11.5 Å². The first-order valence-electron chi connectivity index (χ1n) is 7.61. The first-order valence-corrected chi connectivity index (χ1v) is 7.61. The van der Waals surface area contributed by atoms with Crippen molar-refractivity contribution in [1.29, 1.82) is 0 Å². The molecule has 0 saturated carbocycles. The third kappa shape index (κ3) is 5.04. The Hall–Kier alpha value is -1.22. The molecule has 0 fully saturated rings. The van der Waals surface area contributed by atoms with Crippen LogP contribution in [0.3, 0.4) is 0 Å². The zero-order valence-corrected chi connectivity index (χ0v) is 13.5. The lowest BCUT2D eigenvalue weighted by Crippen LogP contribution is -2.37. The van der Waals surface area contributed by atoms with Crippen LogP contribution >= 0.6 is 0 Å². The smallest absolute Gasteiger partial charge is 0.160 e. The van der Waals surface area contributed by atoms with Gasteiger partial charge in [0, 0.05) is 12.1 Å². The summed E-state index contributed by atoms with van der Waals surface area (Å²) in [5.74, 6) is 1.59. The monoisotopic (exact) mass is 279 g/mol. The second kappa shape index (κ2) is 8.85. The van der Waals surface area contributed by atoms with Crippen LogP contribution in [-0.2, 0) is 6.42 Å². The quantitative estimate of drug-likeness (QED) is 0.745. The first-order chi connectivity index (χ1) is 9.64. The van der Waals surface area contributed by atoms with Crippen LogP contribution in [0.25, 0.3) is 0 Å². The topological polar surface area (TPSA) is 30.5 Å². The van der Waals surface area contributed by atoms with E-state index in [2.05, 4.69) is 38.2 Å². The van der Waals surface area contributed by atoms with E-state index in [1.807, 2.05) is 6.07 Å². The average molecular weight is 279 g/mol. The van der Waals surface area contributed by atoms with Crippen LogP contribution in [0.4, 0.5) is 0 Å². The highest BCUT2D eigenvalue weighted by atomic mass is 16.5. The molecule has 114 valence electrons. The Bertz CT molecular complexity index is 393. The van der Waals surface area contributed by atoms with E-state index in [4.69, 9.17) is 9.47 Å². The molecule has 0 spiro atoms. The predicted molar refractivity (Wildman–Crippen MR) is 84.8 cm³/mol. The van der Waals surface area contributed by atoms with Gasteiger partial charge in [0.25, 0.3) is 0 Å². The lowest BCUT2D eigenvalue weighted by atomic mass is 10.0. The Kier molecular flexibility index (Phi) is 7.45. The Balaban J connectivity index is 2.63. The van der Waals surface area contributed by atoms with Crippen LogP contribution in [0.15, 0.2) is 18.2 Å². The highest BCUT2D eigenvalue weighted by Crippen LogP contribution is 2.28. The van der Waals surface area contributed by atoms with Gasteiger partial charge < -0.3 is 14.8 Å². The van der Waals surface area contributed by atoms with Gasteiger partial charge in [-0.05, 0) is 43.9 Å². The molecular formula is C17H29NO2. The summed E-state index contributed by atoms with van der Waals surface area (Å²) in [6.45, 7) is 6.73. The number of hydrogen-bond donors (Lipinski definition) is 1. The normalized spacial score (nSPS) is 13.8. The van der Waals surface area contributed by atoms with Crippen molar-refractivity contribution in [1.82, 2.24) is 5.32 Å². The molecule has 3 nitrogen and oxygen atoms in total. The van der Waals surface area contributed by atoms with Gasteiger partial charge in [0.1, 0.15) is 0 Å². The standard InChI is InChI=1S/C17H29NO2/c1-6-8-15(7-2)18-13(3)11-14-9-10-16(19-4)17(12-14)20-5/h9-10,12-13,15,18H,6-8,11H2,1-5H3. The summed E-state index contributed by atoms with van der Waals surface area (Å²) in [4.78, 5) is 0. The largest absolute Gasteiger partial charge is 0.493 e. The second-order valence-corrected chi connectivity index (χ2v) is 5.36. The molecule has 0 amide bonds. The van der Waals surface area contributed by atoms with E-state index in [1.165, 1.54) is 24.8 Å². The van der Waals surface area contributed by atoms with Gasteiger partial charge in [0.05, 0.1) is 14.2 Å². The zero-order chi connectivity index (χ0) is 15.0. The fourth-order valence-corrected chi connectivity index (χ4v) is 2.58. The van der Waals surface area contributed by atoms with Crippen molar-refractivity contribution < 1.29 is 9.47 Å². The van der Waals surface area contributed by atoms with Crippen molar-refractivity contribution in [2.45, 2.75) is 58.5 Å². The lowest BCUT2D eigenvalue weighted by molar-refractivity contribution is 0.354. The lowest BCUT2D eigenvalue weighted by Gasteiger charge is -2.22. The van der Waals surface area contributed by atoms with E-state index >= 15 is 0 Å². The van der Waals surface area contributed by atoms with Gasteiger partial charge in [0.2, 0.25) is 0 Å². The van der Waals surface area contributed by atoms with E-state index in [9.17, 15) is 0 Å². The minimum absolute atomic E-state index is 0.463. The Labute approximate surface area is 123 Å². The van der Waals surface area contributed by atoms with Gasteiger partial charge in [-0.1, -0.05) is 26.3 Å². The van der Waals surface area contributed by atoms with Crippen LogP contribution in [0.1, 0.15) is 45.6 Å². The minimum Gasteiger partial charge on any atom is -0.493 e. The van der Waals surface area contributed by atoms with Gasteiger partial charge in [-0.25, -0.2) is 0 Å². The van der Waals surface area contributed by atoms with E-state index in [0.29, 0.717) is 12.1 Å². The van der Waals surface area contributed by atoms with Gasteiger partial charge in [-0.3, -0.25) is 0 Å². The van der Waals surface area contributed by atoms with Crippen LogP contribution in [0, 0.1) is 0 Å². The maximum Gasteiger partial charge on any atom is 0.160 e. The van der Waals surface area contributed by atoms with Crippen molar-refractivity contribution >= 4 is 0 Å². The third-order valence-corrected chi connectivity index (χ3v) is 3.64. The van der Waals surface area contributed by atoms with Crippen molar-refractivity contribution in [3.05, 3.63) is 23.8 Å². The number of hydrogen-bond acceptors (Lipinski definition) is 3. The molecule has 0 aliphatic carbocycles. The Morgan fingerprint density at radius 1 is 1.10 bits per heavy atom.